The molecule has 5 atom stereocenters. The van der Waals surface area contributed by atoms with E-state index in [0.29, 0.717) is 11.8 Å². The summed E-state index contributed by atoms with van der Waals surface area (Å²) in [5, 5.41) is 2.61. The lowest BCUT2D eigenvalue weighted by Gasteiger charge is -2.54. The monoisotopic (exact) mass is 803 g/mol. The number of hydrogen-bond donors (Lipinski definition) is 0. The molecule has 0 aliphatic heterocycles. The molecule has 2 saturated carbocycles. The van der Waals surface area contributed by atoms with Crippen LogP contribution in [0.2, 0.25) is 0 Å². The molecule has 2 heteroatoms. The van der Waals surface area contributed by atoms with Crippen molar-refractivity contribution in [2.75, 3.05) is 4.90 Å². The van der Waals surface area contributed by atoms with Crippen LogP contribution in [0.15, 0.2) is 188 Å². The molecule has 1 nitrogen and oxygen atoms in total. The average Bonchev–Trinajstić information content (AvgIpc) is 3.84. The topological polar surface area (TPSA) is 3.24 Å². The van der Waals surface area contributed by atoms with Crippen molar-refractivity contribution in [2.45, 2.75) is 44.9 Å². The lowest BCUT2D eigenvalue weighted by atomic mass is 9.49. The highest BCUT2D eigenvalue weighted by molar-refractivity contribution is 7.26. The molecule has 9 aromatic rings. The second-order valence-electron chi connectivity index (χ2n) is 18.3. The first kappa shape index (κ1) is 36.6. The summed E-state index contributed by atoms with van der Waals surface area (Å²) in [5.74, 6) is 3.02. The van der Waals surface area contributed by atoms with Gasteiger partial charge in [0.05, 0.1) is 10.4 Å². The summed E-state index contributed by atoms with van der Waals surface area (Å²) in [6, 6.07) is 70.5. The van der Waals surface area contributed by atoms with Gasteiger partial charge in [-0.2, -0.15) is 0 Å². The first-order valence-electron chi connectivity index (χ1n) is 22.3. The third-order valence-electron chi connectivity index (χ3n) is 14.8. The normalized spacial score (nSPS) is 21.4. The van der Waals surface area contributed by atoms with E-state index in [4.69, 9.17) is 0 Å². The summed E-state index contributed by atoms with van der Waals surface area (Å²) in [4.78, 5) is 2.44. The van der Waals surface area contributed by atoms with E-state index in [0.717, 1.165) is 23.2 Å². The molecule has 3 aliphatic rings. The van der Waals surface area contributed by atoms with Crippen LogP contribution in [0.4, 0.5) is 17.1 Å². The summed E-state index contributed by atoms with van der Waals surface area (Å²) in [6.45, 7) is 5.07. The minimum Gasteiger partial charge on any atom is -0.309 e. The van der Waals surface area contributed by atoms with E-state index < -0.39 is 0 Å². The van der Waals surface area contributed by atoms with Gasteiger partial charge >= 0.3 is 0 Å². The van der Waals surface area contributed by atoms with E-state index in [1.807, 2.05) is 11.3 Å². The van der Waals surface area contributed by atoms with Gasteiger partial charge in [0.1, 0.15) is 0 Å². The summed E-state index contributed by atoms with van der Waals surface area (Å²) in [6.07, 6.45) is 5.46. The minimum atomic E-state index is 0.110. The molecule has 3 aliphatic carbocycles. The van der Waals surface area contributed by atoms with E-state index in [9.17, 15) is 0 Å². The molecule has 296 valence electrons. The first-order chi connectivity index (χ1) is 30.0. The molecule has 12 rings (SSSR count). The number of nitrogens with zero attached hydrogens (tertiary/aromatic N) is 1. The van der Waals surface area contributed by atoms with Crippen molar-refractivity contribution in [3.05, 3.63) is 199 Å². The maximum absolute atomic E-state index is 2.57. The van der Waals surface area contributed by atoms with Crippen molar-refractivity contribution in [1.82, 2.24) is 0 Å². The number of rotatable bonds is 6. The van der Waals surface area contributed by atoms with Gasteiger partial charge in [-0.1, -0.05) is 159 Å². The van der Waals surface area contributed by atoms with Crippen LogP contribution in [0.3, 0.4) is 0 Å². The third kappa shape index (κ3) is 5.79. The van der Waals surface area contributed by atoms with Crippen LogP contribution in [0.1, 0.15) is 50.7 Å². The fourth-order valence-electron chi connectivity index (χ4n) is 12.4. The van der Waals surface area contributed by atoms with Crippen LogP contribution in [-0.4, -0.2) is 0 Å². The maximum atomic E-state index is 2.57. The minimum absolute atomic E-state index is 0.110. The Labute approximate surface area is 364 Å². The van der Waals surface area contributed by atoms with Crippen LogP contribution in [0, 0.1) is 23.7 Å². The van der Waals surface area contributed by atoms with Gasteiger partial charge in [0.2, 0.25) is 0 Å². The Bertz CT molecular complexity index is 3080. The van der Waals surface area contributed by atoms with Crippen molar-refractivity contribution in [1.29, 1.82) is 0 Å². The maximum Gasteiger partial charge on any atom is 0.0640 e. The average molecular weight is 804 g/mol. The van der Waals surface area contributed by atoms with Crippen LogP contribution in [-0.2, 0) is 5.41 Å². The predicted molar refractivity (Wildman–Crippen MR) is 260 cm³/mol. The molecule has 8 aromatic carbocycles. The second kappa shape index (κ2) is 14.5. The summed E-state index contributed by atoms with van der Waals surface area (Å²) in [7, 11) is 0. The van der Waals surface area contributed by atoms with Gasteiger partial charge in [0.15, 0.2) is 0 Å². The Hall–Kier alpha value is -6.22. The van der Waals surface area contributed by atoms with Crippen molar-refractivity contribution >= 4 is 48.6 Å². The number of fused-ring (bicyclic) bond motifs is 11. The Kier molecular flexibility index (Phi) is 8.68. The smallest absolute Gasteiger partial charge is 0.0640 e. The Morgan fingerprint density at radius 1 is 0.459 bits per heavy atom. The number of benzene rings is 8. The zero-order valence-electron chi connectivity index (χ0n) is 34.9. The molecule has 0 N–H and O–H groups in total. The van der Waals surface area contributed by atoms with Crippen molar-refractivity contribution in [3.63, 3.8) is 0 Å². The lowest BCUT2D eigenvalue weighted by molar-refractivity contribution is 0.0426. The molecular weight excluding hydrogens is 755 g/mol. The molecule has 1 heterocycles. The van der Waals surface area contributed by atoms with Crippen molar-refractivity contribution in [3.8, 4) is 44.5 Å². The predicted octanol–water partition coefficient (Wildman–Crippen LogP) is 16.9. The summed E-state index contributed by atoms with van der Waals surface area (Å²) >= 11 is 1.88. The van der Waals surface area contributed by atoms with E-state index in [-0.39, 0.29) is 5.41 Å². The van der Waals surface area contributed by atoms with Crippen LogP contribution in [0.25, 0.3) is 64.7 Å². The third-order valence-corrected chi connectivity index (χ3v) is 16.0. The number of thiophene rings is 1. The molecule has 2 fully saturated rings. The fraction of sp³-hybridized carbons (Fsp3) is 0.186. The lowest BCUT2D eigenvalue weighted by Crippen LogP contribution is -2.49. The van der Waals surface area contributed by atoms with Crippen molar-refractivity contribution < 1.29 is 0 Å². The standard InChI is InChI=1S/C59H49NS/c1-38-33-40-35-39(2)59(45(34-38)36-40)54-20-10-8-17-50(54)53-37-44(27-32-55(53)59)49-16-7-6-15-48(49)43-25-30-47(31-26-43)60(46-28-23-42(24-29-46)41-13-4-3-5-14-41)56-21-12-19-52-51-18-9-11-22-57(51)61-58(52)56/h3-32,37-40,45H,33-36H2,1-2H3. The molecule has 1 spiro atoms. The van der Waals surface area contributed by atoms with Crippen molar-refractivity contribution in [2.24, 2.45) is 23.7 Å². The highest BCUT2D eigenvalue weighted by Gasteiger charge is 2.56. The van der Waals surface area contributed by atoms with Gasteiger partial charge in [-0.25, -0.2) is 0 Å². The molecule has 61 heavy (non-hydrogen) atoms. The van der Waals surface area contributed by atoms with Gasteiger partial charge in [0.25, 0.3) is 0 Å². The summed E-state index contributed by atoms with van der Waals surface area (Å²) < 4.78 is 2.61. The fourth-order valence-corrected chi connectivity index (χ4v) is 13.6. The van der Waals surface area contributed by atoms with Crippen LogP contribution < -0.4 is 4.90 Å². The molecule has 2 bridgehead atoms. The van der Waals surface area contributed by atoms with Gasteiger partial charge in [-0.3, -0.25) is 0 Å². The van der Waals surface area contributed by atoms with E-state index in [2.05, 4.69) is 207 Å². The first-order valence-corrected chi connectivity index (χ1v) is 23.2. The largest absolute Gasteiger partial charge is 0.309 e. The van der Waals surface area contributed by atoms with Gasteiger partial charge in [-0.15, -0.1) is 11.3 Å². The zero-order chi connectivity index (χ0) is 40.7. The summed E-state index contributed by atoms with van der Waals surface area (Å²) in [5.41, 5.74) is 17.1. The molecule has 1 aromatic heterocycles. The Balaban J connectivity index is 0.948. The van der Waals surface area contributed by atoms with E-state index in [1.165, 1.54) is 96.1 Å². The van der Waals surface area contributed by atoms with Gasteiger partial charge < -0.3 is 4.90 Å². The van der Waals surface area contributed by atoms with E-state index in [1.54, 1.807) is 11.1 Å². The molecule has 5 unspecified atom stereocenters. The highest BCUT2D eigenvalue weighted by atomic mass is 32.1. The van der Waals surface area contributed by atoms with Crippen LogP contribution >= 0.6 is 11.3 Å². The number of hydrogen-bond acceptors (Lipinski definition) is 2. The molecule has 0 amide bonds. The Morgan fingerprint density at radius 3 is 1.85 bits per heavy atom. The molecular formula is C59H49NS. The second-order valence-corrected chi connectivity index (χ2v) is 19.3. The van der Waals surface area contributed by atoms with Gasteiger partial charge in [0, 0.05) is 32.3 Å². The zero-order valence-corrected chi connectivity index (χ0v) is 35.7. The van der Waals surface area contributed by atoms with Gasteiger partial charge in [-0.05, 0) is 147 Å². The van der Waals surface area contributed by atoms with Crippen LogP contribution in [0.5, 0.6) is 0 Å². The molecule has 0 saturated heterocycles. The SMILES string of the molecule is CC1CC2CC(C)C3(c4ccccc4-c4cc(-c5ccccc5-c5ccc(N(c6ccc(-c7ccccc7)cc6)c6cccc7c6sc6ccccc67)cc5)ccc43)C(C1)C2. The highest BCUT2D eigenvalue weighted by Crippen LogP contribution is 2.64. The Morgan fingerprint density at radius 2 is 1.07 bits per heavy atom. The van der Waals surface area contributed by atoms with E-state index >= 15 is 0 Å². The number of anilines is 3. The quantitative estimate of drug-likeness (QED) is 0.162. The molecule has 0 radical (unpaired) electrons.